The van der Waals surface area contributed by atoms with Crippen LogP contribution < -0.4 is 20.6 Å². The first-order chi connectivity index (χ1) is 13.6. The normalized spacial score (nSPS) is 10.8. The Labute approximate surface area is 160 Å². The number of hydrogen-bond donors (Lipinski definition) is 2. The number of anilines is 1. The van der Waals surface area contributed by atoms with Gasteiger partial charge in [-0.1, -0.05) is 24.3 Å². The molecule has 2 N–H and O–H groups in total. The number of benzene rings is 2. The van der Waals surface area contributed by atoms with Gasteiger partial charge in [0.2, 0.25) is 0 Å². The van der Waals surface area contributed by atoms with Crippen LogP contribution in [-0.2, 0) is 6.61 Å². The van der Waals surface area contributed by atoms with E-state index in [0.29, 0.717) is 28.3 Å². The first-order valence-corrected chi connectivity index (χ1v) is 8.34. The SMILES string of the molecule is COc1cccc(/C=N\Nc2nc(=O)[nH]nc2C)c1OCc1ccccc1F. The van der Waals surface area contributed by atoms with Crippen molar-refractivity contribution in [2.24, 2.45) is 5.10 Å². The third-order valence-corrected chi connectivity index (χ3v) is 3.81. The molecule has 9 heteroatoms. The lowest BCUT2D eigenvalue weighted by Crippen LogP contribution is -2.15. The molecule has 2 aromatic carbocycles. The second kappa shape index (κ2) is 8.76. The molecular weight excluding hydrogens is 365 g/mol. The third-order valence-electron chi connectivity index (χ3n) is 3.81. The van der Waals surface area contributed by atoms with E-state index in [1.54, 1.807) is 43.3 Å². The van der Waals surface area contributed by atoms with Gasteiger partial charge in [-0.2, -0.15) is 15.2 Å². The van der Waals surface area contributed by atoms with Crippen LogP contribution in [0, 0.1) is 12.7 Å². The Morgan fingerprint density at radius 1 is 1.25 bits per heavy atom. The Morgan fingerprint density at radius 2 is 2.07 bits per heavy atom. The van der Waals surface area contributed by atoms with Gasteiger partial charge in [0, 0.05) is 11.1 Å². The van der Waals surface area contributed by atoms with Gasteiger partial charge in [-0.25, -0.2) is 14.3 Å². The van der Waals surface area contributed by atoms with Crippen molar-refractivity contribution in [3.05, 3.63) is 75.6 Å². The number of hydrogen-bond acceptors (Lipinski definition) is 7. The van der Waals surface area contributed by atoms with E-state index >= 15 is 0 Å². The predicted molar refractivity (Wildman–Crippen MR) is 102 cm³/mol. The largest absolute Gasteiger partial charge is 0.493 e. The van der Waals surface area contributed by atoms with Crippen LogP contribution in [0.15, 0.2) is 52.4 Å². The lowest BCUT2D eigenvalue weighted by molar-refractivity contribution is 0.279. The predicted octanol–water partition coefficient (Wildman–Crippen LogP) is 2.65. The summed E-state index contributed by atoms with van der Waals surface area (Å²) in [5.74, 6) is 0.772. The summed E-state index contributed by atoms with van der Waals surface area (Å²) in [5, 5.41) is 10.1. The molecule has 0 aliphatic carbocycles. The Balaban J connectivity index is 1.81. The fourth-order valence-electron chi connectivity index (χ4n) is 2.38. The van der Waals surface area contributed by atoms with Crippen LogP contribution in [0.1, 0.15) is 16.8 Å². The van der Waals surface area contributed by atoms with E-state index in [4.69, 9.17) is 9.47 Å². The molecule has 1 heterocycles. The summed E-state index contributed by atoms with van der Waals surface area (Å²) < 4.78 is 25.0. The smallest absolute Gasteiger partial charge is 0.363 e. The Kier molecular flexibility index (Phi) is 5.95. The summed E-state index contributed by atoms with van der Waals surface area (Å²) in [7, 11) is 1.51. The van der Waals surface area contributed by atoms with Crippen LogP contribution in [0.2, 0.25) is 0 Å². The summed E-state index contributed by atoms with van der Waals surface area (Å²) in [6, 6.07) is 11.6. The zero-order chi connectivity index (χ0) is 19.9. The molecule has 1 aromatic heterocycles. The van der Waals surface area contributed by atoms with Crippen molar-refractivity contribution in [1.82, 2.24) is 15.2 Å². The summed E-state index contributed by atoms with van der Waals surface area (Å²) >= 11 is 0. The third kappa shape index (κ3) is 4.50. The summed E-state index contributed by atoms with van der Waals surface area (Å²) in [4.78, 5) is 15.0. The molecule has 3 rings (SSSR count). The van der Waals surface area contributed by atoms with Crippen LogP contribution in [0.4, 0.5) is 10.2 Å². The number of aromatic nitrogens is 3. The van der Waals surface area contributed by atoms with E-state index in [0.717, 1.165) is 0 Å². The van der Waals surface area contributed by atoms with Crippen molar-refractivity contribution >= 4 is 12.0 Å². The van der Waals surface area contributed by atoms with Gasteiger partial charge in [-0.15, -0.1) is 0 Å². The zero-order valence-electron chi connectivity index (χ0n) is 15.3. The van der Waals surface area contributed by atoms with Crippen molar-refractivity contribution < 1.29 is 13.9 Å². The zero-order valence-corrected chi connectivity index (χ0v) is 15.3. The highest BCUT2D eigenvalue weighted by Crippen LogP contribution is 2.31. The Hall–Kier alpha value is -3.75. The molecule has 0 radical (unpaired) electrons. The minimum absolute atomic E-state index is 0.0277. The van der Waals surface area contributed by atoms with Crippen molar-refractivity contribution in [2.75, 3.05) is 12.5 Å². The van der Waals surface area contributed by atoms with Crippen LogP contribution in [0.3, 0.4) is 0 Å². The highest BCUT2D eigenvalue weighted by molar-refractivity contribution is 5.85. The molecule has 0 fully saturated rings. The Morgan fingerprint density at radius 3 is 2.86 bits per heavy atom. The molecule has 3 aromatic rings. The quantitative estimate of drug-likeness (QED) is 0.480. The van der Waals surface area contributed by atoms with Crippen LogP contribution >= 0.6 is 0 Å². The number of H-pyrrole nitrogens is 1. The first kappa shape index (κ1) is 19.0. The van der Waals surface area contributed by atoms with E-state index in [-0.39, 0.29) is 18.2 Å². The molecule has 0 amide bonds. The molecule has 8 nitrogen and oxygen atoms in total. The summed E-state index contributed by atoms with van der Waals surface area (Å²) in [6.45, 7) is 1.70. The minimum Gasteiger partial charge on any atom is -0.493 e. The molecule has 0 aliphatic heterocycles. The molecule has 0 spiro atoms. The number of rotatable bonds is 7. The van der Waals surface area contributed by atoms with Crippen LogP contribution in [0.5, 0.6) is 11.5 Å². The molecule has 0 bridgehead atoms. The van der Waals surface area contributed by atoms with E-state index in [1.165, 1.54) is 19.4 Å². The maximum Gasteiger partial charge on any atom is 0.363 e. The average molecular weight is 383 g/mol. The van der Waals surface area contributed by atoms with Crippen molar-refractivity contribution in [2.45, 2.75) is 13.5 Å². The second-order valence-corrected chi connectivity index (χ2v) is 5.70. The summed E-state index contributed by atoms with van der Waals surface area (Å²) in [5.41, 5.74) is 3.59. The number of methoxy groups -OCH3 is 1. The highest BCUT2D eigenvalue weighted by atomic mass is 19.1. The fourth-order valence-corrected chi connectivity index (χ4v) is 2.38. The number of hydrazone groups is 1. The molecule has 28 heavy (non-hydrogen) atoms. The van der Waals surface area contributed by atoms with E-state index in [2.05, 4.69) is 25.7 Å². The van der Waals surface area contributed by atoms with E-state index in [9.17, 15) is 9.18 Å². The van der Waals surface area contributed by atoms with Gasteiger partial charge < -0.3 is 9.47 Å². The maximum atomic E-state index is 13.8. The van der Waals surface area contributed by atoms with Gasteiger partial charge in [0.15, 0.2) is 17.3 Å². The van der Waals surface area contributed by atoms with Crippen molar-refractivity contribution in [3.8, 4) is 11.5 Å². The molecule has 0 atom stereocenters. The van der Waals surface area contributed by atoms with Gasteiger partial charge >= 0.3 is 5.69 Å². The molecule has 144 valence electrons. The maximum absolute atomic E-state index is 13.8. The number of ether oxygens (including phenoxy) is 2. The van der Waals surface area contributed by atoms with Gasteiger partial charge in [-0.3, -0.25) is 5.43 Å². The first-order valence-electron chi connectivity index (χ1n) is 8.34. The standard InChI is InChI=1S/C19H18FN5O3/c1-12-18(22-19(26)25-23-12)24-21-10-13-7-5-9-16(27-2)17(13)28-11-14-6-3-4-8-15(14)20/h3-10H,11H2,1-2H3,(H2,22,24,25,26)/b21-10-. The molecule has 0 aliphatic rings. The Bertz CT molecular complexity index is 1050. The number of aryl methyl sites for hydroxylation is 1. The number of para-hydroxylation sites is 1. The molecule has 0 saturated heterocycles. The monoisotopic (exact) mass is 383 g/mol. The van der Waals surface area contributed by atoms with Crippen LogP contribution in [0.25, 0.3) is 0 Å². The van der Waals surface area contributed by atoms with Crippen molar-refractivity contribution in [1.29, 1.82) is 0 Å². The van der Waals surface area contributed by atoms with E-state index in [1.807, 2.05) is 0 Å². The lowest BCUT2D eigenvalue weighted by Gasteiger charge is -2.13. The van der Waals surface area contributed by atoms with Crippen molar-refractivity contribution in [3.63, 3.8) is 0 Å². The van der Waals surface area contributed by atoms with Gasteiger partial charge in [0.1, 0.15) is 18.1 Å². The number of halogens is 1. The lowest BCUT2D eigenvalue weighted by atomic mass is 10.2. The average Bonchev–Trinajstić information content (AvgIpc) is 2.70. The number of nitrogens with one attached hydrogen (secondary N) is 2. The van der Waals surface area contributed by atoms with Gasteiger partial charge in [0.05, 0.1) is 13.3 Å². The topological polar surface area (TPSA) is 101 Å². The van der Waals surface area contributed by atoms with Crippen LogP contribution in [-0.4, -0.2) is 28.5 Å². The van der Waals surface area contributed by atoms with Gasteiger partial charge in [0.25, 0.3) is 0 Å². The molecule has 0 unspecified atom stereocenters. The second-order valence-electron chi connectivity index (χ2n) is 5.70. The molecule has 0 saturated carbocycles. The highest BCUT2D eigenvalue weighted by Gasteiger charge is 2.11. The van der Waals surface area contributed by atoms with E-state index < -0.39 is 5.69 Å². The minimum atomic E-state index is -0.585. The number of nitrogens with zero attached hydrogens (tertiary/aromatic N) is 3. The van der Waals surface area contributed by atoms with Gasteiger partial charge in [-0.05, 0) is 25.1 Å². The number of aromatic amines is 1. The fraction of sp³-hybridized carbons (Fsp3) is 0.158. The molecular formula is C19H18FN5O3. The summed E-state index contributed by atoms with van der Waals surface area (Å²) in [6.07, 6.45) is 1.49.